The second-order valence-electron chi connectivity index (χ2n) is 4.73. The van der Waals surface area contributed by atoms with E-state index in [9.17, 15) is 4.79 Å². The predicted molar refractivity (Wildman–Crippen MR) is 59.8 cm³/mol. The number of nitrogens with one attached hydrogen (secondary N) is 2. The van der Waals surface area contributed by atoms with Gasteiger partial charge in [-0.05, 0) is 32.6 Å². The molecule has 2 rings (SSSR count). The Morgan fingerprint density at radius 1 is 1.33 bits per heavy atom. The first-order chi connectivity index (χ1) is 7.25. The summed E-state index contributed by atoms with van der Waals surface area (Å²) in [5, 5.41) is 6.50. The first-order valence-corrected chi connectivity index (χ1v) is 6.04. The number of hydrogen-bond acceptors (Lipinski definition) is 2. The highest BCUT2D eigenvalue weighted by Crippen LogP contribution is 2.10. The largest absolute Gasteiger partial charge is 0.334 e. The molecule has 2 unspecified atom stereocenters. The molecule has 0 aromatic heterocycles. The van der Waals surface area contributed by atoms with Crippen molar-refractivity contribution in [3.8, 4) is 0 Å². The molecule has 0 aromatic carbocycles. The summed E-state index contributed by atoms with van der Waals surface area (Å²) in [6.45, 7) is 4.98. The second-order valence-corrected chi connectivity index (χ2v) is 4.73. The third-order valence-electron chi connectivity index (χ3n) is 3.38. The lowest BCUT2D eigenvalue weighted by Crippen LogP contribution is -2.51. The van der Waals surface area contributed by atoms with Crippen molar-refractivity contribution in [2.75, 3.05) is 19.6 Å². The zero-order valence-electron chi connectivity index (χ0n) is 9.46. The van der Waals surface area contributed by atoms with Gasteiger partial charge in [-0.1, -0.05) is 0 Å². The zero-order valence-corrected chi connectivity index (χ0v) is 9.46. The summed E-state index contributed by atoms with van der Waals surface area (Å²) in [6, 6.07) is 1.06. The van der Waals surface area contributed by atoms with Crippen LogP contribution in [0, 0.1) is 0 Å². The van der Waals surface area contributed by atoms with Crippen LogP contribution in [0.5, 0.6) is 0 Å². The van der Waals surface area contributed by atoms with E-state index in [1.165, 1.54) is 0 Å². The van der Waals surface area contributed by atoms with Crippen LogP contribution >= 0.6 is 0 Å². The summed E-state index contributed by atoms with van der Waals surface area (Å²) in [5.74, 6) is 0. The monoisotopic (exact) mass is 211 g/mol. The molecule has 2 aliphatic rings. The van der Waals surface area contributed by atoms with E-state index >= 15 is 0 Å². The number of nitrogens with zero attached hydrogens (tertiary/aromatic N) is 1. The molecule has 2 N–H and O–H groups in total. The average molecular weight is 211 g/mol. The van der Waals surface area contributed by atoms with E-state index in [4.69, 9.17) is 0 Å². The van der Waals surface area contributed by atoms with Gasteiger partial charge in [0.05, 0.1) is 0 Å². The molecule has 2 heterocycles. The van der Waals surface area contributed by atoms with Crippen molar-refractivity contribution in [2.24, 2.45) is 0 Å². The molecule has 0 spiro atoms. The normalized spacial score (nSPS) is 31.7. The molecule has 2 fully saturated rings. The van der Waals surface area contributed by atoms with Gasteiger partial charge in [0.25, 0.3) is 0 Å². The maximum Gasteiger partial charge on any atom is 0.317 e. The molecule has 0 saturated carbocycles. The summed E-state index contributed by atoms with van der Waals surface area (Å²) in [6.07, 6.45) is 4.58. The third-order valence-corrected chi connectivity index (χ3v) is 3.38. The van der Waals surface area contributed by atoms with Crippen LogP contribution in [0.25, 0.3) is 0 Å². The maximum absolute atomic E-state index is 11.8. The number of urea groups is 1. The predicted octanol–water partition coefficient (Wildman–Crippen LogP) is 0.932. The van der Waals surface area contributed by atoms with Crippen LogP contribution in [0.15, 0.2) is 0 Å². The SMILES string of the molecule is CC1CCC(NC(=O)N2CCCC2)CN1. The molecule has 2 amide bonds. The fraction of sp³-hybridized carbons (Fsp3) is 0.909. The summed E-state index contributed by atoms with van der Waals surface area (Å²) in [5.41, 5.74) is 0. The molecule has 2 atom stereocenters. The lowest BCUT2D eigenvalue weighted by molar-refractivity contribution is 0.200. The van der Waals surface area contributed by atoms with Crippen molar-refractivity contribution < 1.29 is 4.79 Å². The second kappa shape index (κ2) is 4.84. The molecule has 0 aromatic rings. The van der Waals surface area contributed by atoms with E-state index in [0.717, 1.165) is 45.3 Å². The van der Waals surface area contributed by atoms with Gasteiger partial charge in [0.2, 0.25) is 0 Å². The highest BCUT2D eigenvalue weighted by molar-refractivity contribution is 5.74. The van der Waals surface area contributed by atoms with Crippen molar-refractivity contribution >= 4 is 6.03 Å². The molecule has 0 radical (unpaired) electrons. The molecule has 2 saturated heterocycles. The van der Waals surface area contributed by atoms with E-state index in [1.807, 2.05) is 4.90 Å². The average Bonchev–Trinajstić information content (AvgIpc) is 2.74. The summed E-state index contributed by atoms with van der Waals surface area (Å²) < 4.78 is 0. The van der Waals surface area contributed by atoms with Gasteiger partial charge in [0.15, 0.2) is 0 Å². The minimum atomic E-state index is 0.133. The van der Waals surface area contributed by atoms with Crippen LogP contribution in [0.2, 0.25) is 0 Å². The number of hydrogen-bond donors (Lipinski definition) is 2. The van der Waals surface area contributed by atoms with Gasteiger partial charge >= 0.3 is 6.03 Å². The highest BCUT2D eigenvalue weighted by Gasteiger charge is 2.23. The summed E-state index contributed by atoms with van der Waals surface area (Å²) in [4.78, 5) is 13.7. The van der Waals surface area contributed by atoms with Crippen LogP contribution in [-0.2, 0) is 0 Å². The van der Waals surface area contributed by atoms with Crippen LogP contribution in [0.4, 0.5) is 4.79 Å². The molecule has 4 nitrogen and oxygen atoms in total. The van der Waals surface area contributed by atoms with Gasteiger partial charge in [0.1, 0.15) is 0 Å². The first-order valence-electron chi connectivity index (χ1n) is 6.04. The number of likely N-dealkylation sites (tertiary alicyclic amines) is 1. The van der Waals surface area contributed by atoms with E-state index in [1.54, 1.807) is 0 Å². The summed E-state index contributed by atoms with van der Waals surface area (Å²) in [7, 11) is 0. The topological polar surface area (TPSA) is 44.4 Å². The Morgan fingerprint density at radius 2 is 2.07 bits per heavy atom. The molecule has 86 valence electrons. The van der Waals surface area contributed by atoms with Crippen molar-refractivity contribution in [1.29, 1.82) is 0 Å². The van der Waals surface area contributed by atoms with Gasteiger partial charge < -0.3 is 15.5 Å². The van der Waals surface area contributed by atoms with Crippen LogP contribution in [-0.4, -0.2) is 42.6 Å². The first kappa shape index (κ1) is 10.7. The van der Waals surface area contributed by atoms with Gasteiger partial charge in [-0.2, -0.15) is 0 Å². The molecule has 15 heavy (non-hydrogen) atoms. The van der Waals surface area contributed by atoms with Crippen molar-refractivity contribution in [3.63, 3.8) is 0 Å². The van der Waals surface area contributed by atoms with E-state index < -0.39 is 0 Å². The van der Waals surface area contributed by atoms with E-state index in [2.05, 4.69) is 17.6 Å². The Hall–Kier alpha value is -0.770. The number of rotatable bonds is 1. The molecular weight excluding hydrogens is 190 g/mol. The standard InChI is InChI=1S/C11H21N3O/c1-9-4-5-10(8-12-9)13-11(15)14-6-2-3-7-14/h9-10,12H,2-8H2,1H3,(H,13,15). The van der Waals surface area contributed by atoms with Crippen molar-refractivity contribution in [3.05, 3.63) is 0 Å². The lowest BCUT2D eigenvalue weighted by atomic mass is 10.0. The molecule has 2 aliphatic heterocycles. The Labute approximate surface area is 91.4 Å². The molecular formula is C11H21N3O. The Kier molecular flexibility index (Phi) is 3.46. The van der Waals surface area contributed by atoms with E-state index in [0.29, 0.717) is 12.1 Å². The minimum Gasteiger partial charge on any atom is -0.334 e. The Morgan fingerprint density at radius 3 is 2.67 bits per heavy atom. The number of carbonyl (C=O) groups is 1. The maximum atomic E-state index is 11.8. The third kappa shape index (κ3) is 2.84. The molecule has 0 bridgehead atoms. The fourth-order valence-electron chi connectivity index (χ4n) is 2.31. The Bertz CT molecular complexity index is 218. The van der Waals surface area contributed by atoms with Gasteiger partial charge in [0, 0.05) is 31.7 Å². The quantitative estimate of drug-likeness (QED) is 0.678. The van der Waals surface area contributed by atoms with Crippen LogP contribution in [0.3, 0.4) is 0 Å². The summed E-state index contributed by atoms with van der Waals surface area (Å²) >= 11 is 0. The smallest absolute Gasteiger partial charge is 0.317 e. The van der Waals surface area contributed by atoms with Crippen molar-refractivity contribution in [2.45, 2.75) is 44.7 Å². The van der Waals surface area contributed by atoms with Gasteiger partial charge in [-0.3, -0.25) is 0 Å². The number of piperidine rings is 1. The number of carbonyl (C=O) groups excluding carboxylic acids is 1. The van der Waals surface area contributed by atoms with Gasteiger partial charge in [-0.25, -0.2) is 4.79 Å². The van der Waals surface area contributed by atoms with Crippen molar-refractivity contribution in [1.82, 2.24) is 15.5 Å². The van der Waals surface area contributed by atoms with Gasteiger partial charge in [-0.15, -0.1) is 0 Å². The zero-order chi connectivity index (χ0) is 10.7. The van der Waals surface area contributed by atoms with Crippen LogP contribution in [0.1, 0.15) is 32.6 Å². The fourth-order valence-corrected chi connectivity index (χ4v) is 2.31. The minimum absolute atomic E-state index is 0.133. The number of amides is 2. The lowest BCUT2D eigenvalue weighted by Gasteiger charge is -2.29. The highest BCUT2D eigenvalue weighted by atomic mass is 16.2. The molecule has 4 heteroatoms. The van der Waals surface area contributed by atoms with E-state index in [-0.39, 0.29) is 6.03 Å². The molecule has 0 aliphatic carbocycles. The van der Waals surface area contributed by atoms with Crippen LogP contribution < -0.4 is 10.6 Å². The Balaban J connectivity index is 1.74.